The lowest BCUT2D eigenvalue weighted by atomic mass is 10.1. The summed E-state index contributed by atoms with van der Waals surface area (Å²) >= 11 is 2.84. The third-order valence-electron chi connectivity index (χ3n) is 1.77. The summed E-state index contributed by atoms with van der Waals surface area (Å²) in [5.74, 6) is -0.890. The minimum Gasteiger partial charge on any atom is -0.465 e. The van der Waals surface area contributed by atoms with Crippen molar-refractivity contribution in [2.24, 2.45) is 0 Å². The zero-order chi connectivity index (χ0) is 12.3. The van der Waals surface area contributed by atoms with E-state index in [0.717, 1.165) is 13.3 Å². The molecule has 0 saturated carbocycles. The molecule has 0 aliphatic carbocycles. The molecule has 0 spiro atoms. The van der Waals surface area contributed by atoms with Crippen molar-refractivity contribution in [2.75, 3.05) is 7.11 Å². The van der Waals surface area contributed by atoms with Gasteiger partial charge in [0.1, 0.15) is 11.6 Å². The van der Waals surface area contributed by atoms with Gasteiger partial charge in [0.05, 0.1) is 12.7 Å². The molecule has 1 heterocycles. The predicted octanol–water partition coefficient (Wildman–Crippen LogP) is 2.44. The molecule has 0 fully saturated rings. The molecular weight excluding hydrogens is 286 g/mol. The molecule has 0 radical (unpaired) electrons. The van der Waals surface area contributed by atoms with Crippen LogP contribution in [0, 0.1) is 11.3 Å². The van der Waals surface area contributed by atoms with E-state index in [1.54, 1.807) is 6.07 Å². The lowest BCUT2D eigenvalue weighted by Gasteiger charge is -2.08. The van der Waals surface area contributed by atoms with Gasteiger partial charge in [0.15, 0.2) is 5.69 Å². The zero-order valence-electron chi connectivity index (χ0n) is 8.00. The highest BCUT2D eigenvalue weighted by molar-refractivity contribution is 9.10. The van der Waals surface area contributed by atoms with E-state index in [0.29, 0.717) is 0 Å². The van der Waals surface area contributed by atoms with Crippen LogP contribution in [-0.2, 0) is 4.74 Å². The van der Waals surface area contributed by atoms with Crippen LogP contribution in [0.4, 0.5) is 8.78 Å². The van der Waals surface area contributed by atoms with Crippen LogP contribution >= 0.6 is 15.9 Å². The zero-order valence-corrected chi connectivity index (χ0v) is 9.59. The fourth-order valence-corrected chi connectivity index (χ4v) is 1.65. The first-order valence-electron chi connectivity index (χ1n) is 3.97. The number of carbonyl (C=O) groups is 1. The van der Waals surface area contributed by atoms with E-state index in [-0.39, 0.29) is 15.7 Å². The summed E-state index contributed by atoms with van der Waals surface area (Å²) < 4.78 is 29.2. The van der Waals surface area contributed by atoms with Crippen LogP contribution < -0.4 is 0 Å². The highest BCUT2D eigenvalue weighted by atomic mass is 79.9. The van der Waals surface area contributed by atoms with Crippen molar-refractivity contribution in [1.29, 1.82) is 5.26 Å². The van der Waals surface area contributed by atoms with Crippen molar-refractivity contribution in [3.8, 4) is 6.07 Å². The number of pyridine rings is 1. The second-order valence-corrected chi connectivity index (χ2v) is 3.45. The molecule has 0 aliphatic heterocycles. The standard InChI is InChI=1S/C9H5BrF2N2O2/c1-16-9(15)6-5(2-13)14-3-4(7(6)10)8(11)12/h3,8H,1H3. The van der Waals surface area contributed by atoms with E-state index >= 15 is 0 Å². The van der Waals surface area contributed by atoms with Crippen molar-refractivity contribution < 1.29 is 18.3 Å². The van der Waals surface area contributed by atoms with Gasteiger partial charge in [0.25, 0.3) is 6.43 Å². The SMILES string of the molecule is COC(=O)c1c(C#N)ncc(C(F)F)c1Br. The third kappa shape index (κ3) is 2.17. The second-order valence-electron chi connectivity index (χ2n) is 2.66. The van der Waals surface area contributed by atoms with Crippen LogP contribution in [0.5, 0.6) is 0 Å². The Morgan fingerprint density at radius 3 is 2.75 bits per heavy atom. The van der Waals surface area contributed by atoms with Gasteiger partial charge in [-0.05, 0) is 15.9 Å². The van der Waals surface area contributed by atoms with Crippen LogP contribution in [-0.4, -0.2) is 18.1 Å². The minimum absolute atomic E-state index is 0.166. The maximum atomic E-state index is 12.5. The van der Waals surface area contributed by atoms with Crippen molar-refractivity contribution in [3.05, 3.63) is 27.5 Å². The number of rotatable bonds is 2. The molecule has 16 heavy (non-hydrogen) atoms. The Morgan fingerprint density at radius 2 is 2.31 bits per heavy atom. The highest BCUT2D eigenvalue weighted by Crippen LogP contribution is 2.31. The average molecular weight is 291 g/mol. The lowest BCUT2D eigenvalue weighted by molar-refractivity contribution is 0.0598. The van der Waals surface area contributed by atoms with Crippen LogP contribution in [0.25, 0.3) is 0 Å². The Morgan fingerprint density at radius 1 is 1.69 bits per heavy atom. The summed E-state index contributed by atoms with van der Waals surface area (Å²) in [6.45, 7) is 0. The van der Waals surface area contributed by atoms with Crippen molar-refractivity contribution in [3.63, 3.8) is 0 Å². The number of carbonyl (C=O) groups excluding carboxylic acids is 1. The number of nitriles is 1. The van der Waals surface area contributed by atoms with Crippen LogP contribution in [0.3, 0.4) is 0 Å². The molecule has 0 amide bonds. The number of methoxy groups -OCH3 is 1. The molecule has 0 N–H and O–H groups in total. The Kier molecular flexibility index (Phi) is 3.90. The summed E-state index contributed by atoms with van der Waals surface area (Å²) in [6, 6.07) is 1.63. The number of hydrogen-bond acceptors (Lipinski definition) is 4. The summed E-state index contributed by atoms with van der Waals surface area (Å²) in [5.41, 5.74) is -1.01. The molecule has 0 aromatic carbocycles. The van der Waals surface area contributed by atoms with Gasteiger partial charge in [-0.25, -0.2) is 18.6 Å². The maximum absolute atomic E-state index is 12.5. The molecule has 4 nitrogen and oxygen atoms in total. The molecule has 0 bridgehead atoms. The highest BCUT2D eigenvalue weighted by Gasteiger charge is 2.23. The number of nitrogens with zero attached hydrogens (tertiary/aromatic N) is 2. The number of halogens is 3. The molecule has 0 atom stereocenters. The fourth-order valence-electron chi connectivity index (χ4n) is 1.03. The third-order valence-corrected chi connectivity index (χ3v) is 2.63. The van der Waals surface area contributed by atoms with Gasteiger partial charge in [0.2, 0.25) is 0 Å². The number of alkyl halides is 2. The van der Waals surface area contributed by atoms with Crippen LogP contribution in [0.1, 0.15) is 28.0 Å². The molecule has 0 saturated heterocycles. The molecule has 1 aromatic rings. The molecule has 0 unspecified atom stereocenters. The first-order valence-corrected chi connectivity index (χ1v) is 4.77. The summed E-state index contributed by atoms with van der Waals surface area (Å²) in [5, 5.41) is 8.69. The van der Waals surface area contributed by atoms with E-state index < -0.39 is 18.0 Å². The minimum atomic E-state index is -2.79. The number of ether oxygens (including phenoxy) is 1. The predicted molar refractivity (Wildman–Crippen MR) is 52.9 cm³/mol. The quantitative estimate of drug-likeness (QED) is 0.785. The Bertz CT molecular complexity index is 471. The smallest absolute Gasteiger partial charge is 0.342 e. The van der Waals surface area contributed by atoms with Gasteiger partial charge in [0, 0.05) is 10.7 Å². The second kappa shape index (κ2) is 4.99. The first kappa shape index (κ1) is 12.5. The van der Waals surface area contributed by atoms with Gasteiger partial charge in [-0.15, -0.1) is 0 Å². The van der Waals surface area contributed by atoms with Gasteiger partial charge >= 0.3 is 5.97 Å². The number of aromatic nitrogens is 1. The van der Waals surface area contributed by atoms with Crippen molar-refractivity contribution in [2.45, 2.75) is 6.43 Å². The topological polar surface area (TPSA) is 63.0 Å². The molecule has 84 valence electrons. The Hall–Kier alpha value is -1.55. The van der Waals surface area contributed by atoms with Crippen molar-refractivity contribution in [1.82, 2.24) is 4.98 Å². The Labute approximate surface area is 98.0 Å². The maximum Gasteiger partial charge on any atom is 0.342 e. The van der Waals surface area contributed by atoms with Gasteiger partial charge in [-0.3, -0.25) is 0 Å². The summed E-state index contributed by atoms with van der Waals surface area (Å²) in [7, 11) is 1.09. The van der Waals surface area contributed by atoms with Gasteiger partial charge in [-0.1, -0.05) is 0 Å². The Balaban J connectivity index is 3.48. The summed E-state index contributed by atoms with van der Waals surface area (Å²) in [6.07, 6.45) is -1.95. The largest absolute Gasteiger partial charge is 0.465 e. The molecule has 0 aliphatic rings. The van der Waals surface area contributed by atoms with Crippen LogP contribution in [0.15, 0.2) is 10.7 Å². The van der Waals surface area contributed by atoms with Gasteiger partial charge in [-0.2, -0.15) is 5.26 Å². The van der Waals surface area contributed by atoms with Gasteiger partial charge < -0.3 is 4.74 Å². The average Bonchev–Trinajstić information content (AvgIpc) is 2.26. The fraction of sp³-hybridized carbons (Fsp3) is 0.222. The van der Waals surface area contributed by atoms with E-state index in [2.05, 4.69) is 25.7 Å². The first-order chi connectivity index (χ1) is 7.52. The number of esters is 1. The normalized spacial score (nSPS) is 10.0. The van der Waals surface area contributed by atoms with E-state index in [9.17, 15) is 13.6 Å². The molecular formula is C9H5BrF2N2O2. The number of hydrogen-bond donors (Lipinski definition) is 0. The molecule has 1 rings (SSSR count). The monoisotopic (exact) mass is 290 g/mol. The van der Waals surface area contributed by atoms with E-state index in [1.807, 2.05) is 0 Å². The molecule has 1 aromatic heterocycles. The molecule has 7 heteroatoms. The summed E-state index contributed by atoms with van der Waals surface area (Å²) in [4.78, 5) is 14.8. The van der Waals surface area contributed by atoms with E-state index in [4.69, 9.17) is 5.26 Å². The lowest BCUT2D eigenvalue weighted by Crippen LogP contribution is -2.09. The van der Waals surface area contributed by atoms with Crippen LogP contribution in [0.2, 0.25) is 0 Å². The van der Waals surface area contributed by atoms with E-state index in [1.165, 1.54) is 0 Å². The van der Waals surface area contributed by atoms with Crippen molar-refractivity contribution >= 4 is 21.9 Å².